The average molecular weight is 309 g/mol. The first kappa shape index (κ1) is 15.1. The Bertz CT molecular complexity index is 654. The van der Waals surface area contributed by atoms with E-state index in [4.69, 9.17) is 9.84 Å². The van der Waals surface area contributed by atoms with Gasteiger partial charge in [-0.2, -0.15) is 5.10 Å². The number of nitrogens with zero attached hydrogens (tertiary/aromatic N) is 3. The van der Waals surface area contributed by atoms with E-state index in [2.05, 4.69) is 10.1 Å². The lowest BCUT2D eigenvalue weighted by molar-refractivity contribution is 0.192. The first-order chi connectivity index (χ1) is 10.7. The third kappa shape index (κ3) is 3.00. The number of halogens is 2. The Balaban J connectivity index is 1.95. The number of ether oxygens (including phenoxy) is 1. The van der Waals surface area contributed by atoms with Crippen molar-refractivity contribution in [2.75, 3.05) is 19.8 Å². The predicted octanol–water partition coefficient (Wildman–Crippen LogP) is 2.11. The van der Waals surface area contributed by atoms with Crippen LogP contribution in [0.15, 0.2) is 18.2 Å². The molecule has 7 heteroatoms. The second-order valence-electron chi connectivity index (χ2n) is 5.28. The minimum Gasteiger partial charge on any atom is -0.396 e. The van der Waals surface area contributed by atoms with Crippen LogP contribution in [0.3, 0.4) is 0 Å². The third-order valence-corrected chi connectivity index (χ3v) is 3.70. The van der Waals surface area contributed by atoms with Crippen LogP contribution in [0.5, 0.6) is 0 Å². The standard InChI is InChI=1S/C15H17F2N3O2/c16-12-3-2-10(8-13(12)17)14-18-15(11-4-7-22-9-11)20(19-14)5-1-6-21/h2-3,8,11,21H,1,4-7,9H2/t11-/m1/s1. The summed E-state index contributed by atoms with van der Waals surface area (Å²) in [5.74, 6) is -0.544. The van der Waals surface area contributed by atoms with E-state index in [9.17, 15) is 8.78 Å². The van der Waals surface area contributed by atoms with Crippen LogP contribution >= 0.6 is 0 Å². The van der Waals surface area contributed by atoms with Gasteiger partial charge in [-0.3, -0.25) is 0 Å². The average Bonchev–Trinajstić information content (AvgIpc) is 3.16. The van der Waals surface area contributed by atoms with E-state index >= 15 is 0 Å². The molecule has 0 saturated carbocycles. The molecule has 0 unspecified atom stereocenters. The highest BCUT2D eigenvalue weighted by molar-refractivity contribution is 5.54. The largest absolute Gasteiger partial charge is 0.396 e. The van der Waals surface area contributed by atoms with Gasteiger partial charge in [-0.1, -0.05) is 0 Å². The molecule has 0 aliphatic carbocycles. The van der Waals surface area contributed by atoms with Gasteiger partial charge in [0, 0.05) is 31.2 Å². The summed E-state index contributed by atoms with van der Waals surface area (Å²) in [6.45, 7) is 1.84. The molecular formula is C15H17F2N3O2. The van der Waals surface area contributed by atoms with Crippen LogP contribution in [-0.4, -0.2) is 39.7 Å². The Morgan fingerprint density at radius 1 is 1.32 bits per heavy atom. The molecule has 118 valence electrons. The Kier molecular flexibility index (Phi) is 4.44. The maximum atomic E-state index is 13.4. The predicted molar refractivity (Wildman–Crippen MR) is 75.3 cm³/mol. The third-order valence-electron chi connectivity index (χ3n) is 3.70. The van der Waals surface area contributed by atoms with E-state index in [1.807, 2.05) is 0 Å². The van der Waals surface area contributed by atoms with E-state index in [0.717, 1.165) is 24.4 Å². The van der Waals surface area contributed by atoms with Crippen LogP contribution < -0.4 is 0 Å². The van der Waals surface area contributed by atoms with Gasteiger partial charge in [0.25, 0.3) is 0 Å². The van der Waals surface area contributed by atoms with Gasteiger partial charge in [0.1, 0.15) is 5.82 Å². The molecule has 1 aliphatic rings. The van der Waals surface area contributed by atoms with E-state index in [1.165, 1.54) is 6.07 Å². The monoisotopic (exact) mass is 309 g/mol. The summed E-state index contributed by atoms with van der Waals surface area (Å²) >= 11 is 0. The topological polar surface area (TPSA) is 60.2 Å². The normalized spacial score (nSPS) is 18.0. The molecule has 1 N–H and O–H groups in total. The maximum absolute atomic E-state index is 13.4. The highest BCUT2D eigenvalue weighted by Gasteiger charge is 2.25. The molecule has 2 heterocycles. The van der Waals surface area contributed by atoms with Gasteiger partial charge in [-0.05, 0) is 31.0 Å². The highest BCUT2D eigenvalue weighted by Crippen LogP contribution is 2.27. The quantitative estimate of drug-likeness (QED) is 0.919. The van der Waals surface area contributed by atoms with Crippen LogP contribution in [0.2, 0.25) is 0 Å². The van der Waals surface area contributed by atoms with Crippen LogP contribution in [-0.2, 0) is 11.3 Å². The Morgan fingerprint density at radius 2 is 2.18 bits per heavy atom. The van der Waals surface area contributed by atoms with Gasteiger partial charge < -0.3 is 9.84 Å². The van der Waals surface area contributed by atoms with Crippen molar-refractivity contribution in [1.29, 1.82) is 0 Å². The number of aromatic nitrogens is 3. The lowest BCUT2D eigenvalue weighted by Crippen LogP contribution is -2.11. The molecule has 2 aromatic rings. The molecular weight excluding hydrogens is 292 g/mol. The van der Waals surface area contributed by atoms with Crippen molar-refractivity contribution in [2.45, 2.75) is 25.3 Å². The van der Waals surface area contributed by atoms with Crippen molar-refractivity contribution in [3.8, 4) is 11.4 Å². The van der Waals surface area contributed by atoms with Crippen molar-refractivity contribution >= 4 is 0 Å². The molecule has 0 bridgehead atoms. The fourth-order valence-corrected chi connectivity index (χ4v) is 2.54. The van der Waals surface area contributed by atoms with E-state index < -0.39 is 11.6 Å². The van der Waals surface area contributed by atoms with Crippen molar-refractivity contribution in [3.63, 3.8) is 0 Å². The summed E-state index contributed by atoms with van der Waals surface area (Å²) in [6.07, 6.45) is 1.41. The summed E-state index contributed by atoms with van der Waals surface area (Å²) < 4.78 is 33.5. The van der Waals surface area contributed by atoms with Gasteiger partial charge in [0.2, 0.25) is 0 Å². The van der Waals surface area contributed by atoms with Gasteiger partial charge in [-0.15, -0.1) is 0 Å². The zero-order valence-electron chi connectivity index (χ0n) is 12.0. The van der Waals surface area contributed by atoms with E-state index in [-0.39, 0.29) is 12.5 Å². The maximum Gasteiger partial charge on any atom is 0.181 e. The highest BCUT2D eigenvalue weighted by atomic mass is 19.2. The van der Waals surface area contributed by atoms with Crippen molar-refractivity contribution in [1.82, 2.24) is 14.8 Å². The van der Waals surface area contributed by atoms with E-state index in [0.29, 0.717) is 37.6 Å². The molecule has 1 saturated heterocycles. The summed E-state index contributed by atoms with van der Waals surface area (Å²) in [4.78, 5) is 4.49. The molecule has 0 spiro atoms. The molecule has 1 aromatic heterocycles. The summed E-state index contributed by atoms with van der Waals surface area (Å²) in [7, 11) is 0. The zero-order valence-corrected chi connectivity index (χ0v) is 12.0. The molecule has 1 fully saturated rings. The van der Waals surface area contributed by atoms with Crippen molar-refractivity contribution in [3.05, 3.63) is 35.7 Å². The lowest BCUT2D eigenvalue weighted by atomic mass is 10.1. The van der Waals surface area contributed by atoms with Gasteiger partial charge >= 0.3 is 0 Å². The number of benzene rings is 1. The minimum absolute atomic E-state index is 0.0565. The Labute approximate surface area is 126 Å². The Hall–Kier alpha value is -1.86. The molecule has 3 rings (SSSR count). The fraction of sp³-hybridized carbons (Fsp3) is 0.467. The smallest absolute Gasteiger partial charge is 0.181 e. The fourth-order valence-electron chi connectivity index (χ4n) is 2.54. The number of hydrogen-bond donors (Lipinski definition) is 1. The van der Waals surface area contributed by atoms with Crippen LogP contribution in [0.1, 0.15) is 24.6 Å². The van der Waals surface area contributed by atoms with Crippen molar-refractivity contribution in [2.24, 2.45) is 0 Å². The SMILES string of the molecule is OCCCn1nc(-c2ccc(F)c(F)c2)nc1[C@@H]1CCOC1. The summed E-state index contributed by atoms with van der Waals surface area (Å²) in [6, 6.07) is 3.62. The van der Waals surface area contributed by atoms with Crippen LogP contribution in [0.4, 0.5) is 8.78 Å². The molecule has 0 radical (unpaired) electrons. The van der Waals surface area contributed by atoms with Gasteiger partial charge in [0.05, 0.1) is 6.61 Å². The molecule has 5 nitrogen and oxygen atoms in total. The number of aryl methyl sites for hydroxylation is 1. The Morgan fingerprint density at radius 3 is 2.86 bits per heavy atom. The number of aliphatic hydroxyl groups excluding tert-OH is 1. The second kappa shape index (κ2) is 6.50. The molecule has 1 aromatic carbocycles. The van der Waals surface area contributed by atoms with Gasteiger partial charge in [-0.25, -0.2) is 18.4 Å². The molecule has 1 aliphatic heterocycles. The van der Waals surface area contributed by atoms with Crippen LogP contribution in [0.25, 0.3) is 11.4 Å². The number of aliphatic hydroxyl groups is 1. The summed E-state index contributed by atoms with van der Waals surface area (Å²) in [5.41, 5.74) is 0.432. The van der Waals surface area contributed by atoms with Crippen molar-refractivity contribution < 1.29 is 18.6 Å². The number of hydrogen-bond acceptors (Lipinski definition) is 4. The molecule has 22 heavy (non-hydrogen) atoms. The van der Waals surface area contributed by atoms with Crippen LogP contribution in [0, 0.1) is 11.6 Å². The first-order valence-electron chi connectivity index (χ1n) is 7.28. The minimum atomic E-state index is -0.921. The number of rotatable bonds is 5. The first-order valence-corrected chi connectivity index (χ1v) is 7.28. The summed E-state index contributed by atoms with van der Waals surface area (Å²) in [5, 5.41) is 13.4. The zero-order chi connectivity index (χ0) is 15.5. The lowest BCUT2D eigenvalue weighted by Gasteiger charge is -2.08. The molecule has 1 atom stereocenters. The van der Waals surface area contributed by atoms with E-state index in [1.54, 1.807) is 4.68 Å². The van der Waals surface area contributed by atoms with Gasteiger partial charge in [0.15, 0.2) is 17.5 Å². The second-order valence-corrected chi connectivity index (χ2v) is 5.28. The molecule has 0 amide bonds.